The first-order chi connectivity index (χ1) is 11.3. The second kappa shape index (κ2) is 5.95. The van der Waals surface area contributed by atoms with Crippen LogP contribution in [0.5, 0.6) is 0 Å². The summed E-state index contributed by atoms with van der Waals surface area (Å²) in [5.74, 6) is 0.963. The molecule has 0 unspecified atom stereocenters. The Labute approximate surface area is 135 Å². The minimum Gasteiger partial charge on any atom is -0.379 e. The number of hydrogen-bond donors (Lipinski definition) is 0. The minimum absolute atomic E-state index is 0.0277. The normalized spacial score (nSPS) is 29.3. The first-order valence-corrected chi connectivity index (χ1v) is 8.27. The number of carbonyl (C=O) groups excluding carboxylic acids is 1. The molecule has 5 nitrogen and oxygen atoms in total. The molecule has 1 aromatic carbocycles. The van der Waals surface area contributed by atoms with Gasteiger partial charge >= 0.3 is 0 Å². The molecule has 3 atom stereocenters. The lowest BCUT2D eigenvalue weighted by molar-refractivity contribution is 0.0141. The van der Waals surface area contributed by atoms with Crippen molar-refractivity contribution < 1.29 is 14.3 Å². The molecule has 23 heavy (non-hydrogen) atoms. The highest BCUT2D eigenvalue weighted by molar-refractivity contribution is 5.95. The van der Waals surface area contributed by atoms with Crippen molar-refractivity contribution in [3.8, 4) is 6.07 Å². The largest absolute Gasteiger partial charge is 0.379 e. The number of nitrogens with zero attached hydrogens (tertiary/aromatic N) is 2. The number of ether oxygens (including phenoxy) is 2. The number of nitriles is 1. The van der Waals surface area contributed by atoms with Crippen LogP contribution in [0, 0.1) is 23.2 Å². The lowest BCUT2D eigenvalue weighted by Gasteiger charge is -2.22. The van der Waals surface area contributed by atoms with Gasteiger partial charge in [-0.3, -0.25) is 4.79 Å². The van der Waals surface area contributed by atoms with Gasteiger partial charge in [0.25, 0.3) is 5.91 Å². The van der Waals surface area contributed by atoms with Crippen molar-refractivity contribution in [3.05, 3.63) is 35.4 Å². The summed E-state index contributed by atoms with van der Waals surface area (Å²) in [6.45, 7) is 2.68. The number of fused-ring (bicyclic) bond motifs is 1. The van der Waals surface area contributed by atoms with Crippen LogP contribution < -0.4 is 0 Å². The average molecular weight is 312 g/mol. The van der Waals surface area contributed by atoms with E-state index in [1.807, 2.05) is 4.90 Å². The van der Waals surface area contributed by atoms with E-state index < -0.39 is 0 Å². The number of hydrogen-bond acceptors (Lipinski definition) is 4. The number of amides is 1. The smallest absolute Gasteiger partial charge is 0.254 e. The van der Waals surface area contributed by atoms with Crippen LogP contribution in [0.1, 0.15) is 28.8 Å². The van der Waals surface area contributed by atoms with Crippen LogP contribution in [0.25, 0.3) is 0 Å². The lowest BCUT2D eigenvalue weighted by atomic mass is 10.0. The highest BCUT2D eigenvalue weighted by Gasteiger charge is 2.48. The molecule has 3 fully saturated rings. The van der Waals surface area contributed by atoms with Gasteiger partial charge in [-0.15, -0.1) is 0 Å². The van der Waals surface area contributed by atoms with Crippen molar-refractivity contribution in [2.75, 3.05) is 26.4 Å². The number of rotatable bonds is 4. The maximum atomic E-state index is 12.9. The average Bonchev–Trinajstić information content (AvgIpc) is 3.17. The molecular formula is C18H20N2O3. The number of carbonyl (C=O) groups is 1. The Morgan fingerprint density at radius 3 is 3.04 bits per heavy atom. The van der Waals surface area contributed by atoms with Gasteiger partial charge in [0.2, 0.25) is 0 Å². The van der Waals surface area contributed by atoms with Crippen LogP contribution in [0.15, 0.2) is 24.3 Å². The number of likely N-dealkylation sites (tertiary alicyclic amines) is 1. The monoisotopic (exact) mass is 312 g/mol. The molecule has 0 bridgehead atoms. The quantitative estimate of drug-likeness (QED) is 0.851. The molecule has 1 aromatic rings. The van der Waals surface area contributed by atoms with Gasteiger partial charge in [-0.05, 0) is 37.0 Å². The van der Waals surface area contributed by atoms with Gasteiger partial charge in [0, 0.05) is 24.6 Å². The summed E-state index contributed by atoms with van der Waals surface area (Å²) in [7, 11) is 0. The van der Waals surface area contributed by atoms with E-state index in [2.05, 4.69) is 6.07 Å². The Morgan fingerprint density at radius 1 is 1.39 bits per heavy atom. The summed E-state index contributed by atoms with van der Waals surface area (Å²) in [5.41, 5.74) is 1.08. The fourth-order valence-electron chi connectivity index (χ4n) is 3.54. The Morgan fingerprint density at radius 2 is 2.26 bits per heavy atom. The number of benzene rings is 1. The van der Waals surface area contributed by atoms with Crippen molar-refractivity contribution in [3.63, 3.8) is 0 Å². The maximum absolute atomic E-state index is 12.9. The third-order valence-electron chi connectivity index (χ3n) is 5.09. The van der Waals surface area contributed by atoms with Crippen molar-refractivity contribution in [1.82, 2.24) is 4.90 Å². The summed E-state index contributed by atoms with van der Waals surface area (Å²) in [4.78, 5) is 14.7. The van der Waals surface area contributed by atoms with Crippen LogP contribution in [0.2, 0.25) is 0 Å². The van der Waals surface area contributed by atoms with E-state index in [0.717, 1.165) is 6.61 Å². The summed E-state index contributed by atoms with van der Waals surface area (Å²) in [6.07, 6.45) is 2.60. The Balaban J connectivity index is 1.50. The van der Waals surface area contributed by atoms with Crippen LogP contribution in [0.3, 0.4) is 0 Å². The standard InChI is InChI=1S/C18H20N2O3/c19-7-13-2-1-3-14(6-13)18(21)20-8-17(23-9-12-4-5-12)15-10-22-11-16(15)20/h1-3,6,12,15-17H,4-5,8-11H2/t15-,16+,17-/m0/s1. The Kier molecular flexibility index (Phi) is 3.80. The van der Waals surface area contributed by atoms with Gasteiger partial charge in [-0.1, -0.05) is 6.07 Å². The molecule has 120 valence electrons. The molecule has 0 N–H and O–H groups in total. The molecule has 3 aliphatic rings. The molecular weight excluding hydrogens is 292 g/mol. The zero-order valence-electron chi connectivity index (χ0n) is 13.0. The Hall–Kier alpha value is -1.90. The van der Waals surface area contributed by atoms with E-state index in [0.29, 0.717) is 36.8 Å². The van der Waals surface area contributed by atoms with Crippen molar-refractivity contribution in [1.29, 1.82) is 5.26 Å². The van der Waals surface area contributed by atoms with Gasteiger partial charge in [0.1, 0.15) is 0 Å². The second-order valence-corrected chi connectivity index (χ2v) is 6.73. The van der Waals surface area contributed by atoms with Gasteiger partial charge < -0.3 is 14.4 Å². The molecule has 1 aliphatic carbocycles. The molecule has 5 heteroatoms. The van der Waals surface area contributed by atoms with E-state index in [9.17, 15) is 4.79 Å². The summed E-state index contributed by atoms with van der Waals surface area (Å²) >= 11 is 0. The molecule has 4 rings (SSSR count). The molecule has 0 spiro atoms. The van der Waals surface area contributed by atoms with Crippen molar-refractivity contribution in [2.24, 2.45) is 11.8 Å². The molecule has 1 amide bonds. The molecule has 2 aliphatic heterocycles. The fraction of sp³-hybridized carbons (Fsp3) is 0.556. The predicted octanol–water partition coefficient (Wildman–Crippen LogP) is 1.82. The zero-order valence-corrected chi connectivity index (χ0v) is 13.0. The van der Waals surface area contributed by atoms with Gasteiger partial charge in [-0.2, -0.15) is 5.26 Å². The third-order valence-corrected chi connectivity index (χ3v) is 5.09. The lowest BCUT2D eigenvalue weighted by Crippen LogP contribution is -2.38. The van der Waals surface area contributed by atoms with Gasteiger partial charge in [0.05, 0.1) is 37.0 Å². The molecule has 0 aromatic heterocycles. The van der Waals surface area contributed by atoms with Gasteiger partial charge in [-0.25, -0.2) is 0 Å². The van der Waals surface area contributed by atoms with E-state index in [1.54, 1.807) is 24.3 Å². The summed E-state index contributed by atoms with van der Waals surface area (Å²) < 4.78 is 11.7. The summed E-state index contributed by atoms with van der Waals surface area (Å²) in [6, 6.07) is 9.08. The van der Waals surface area contributed by atoms with E-state index in [-0.39, 0.29) is 24.0 Å². The predicted molar refractivity (Wildman–Crippen MR) is 82.8 cm³/mol. The summed E-state index contributed by atoms with van der Waals surface area (Å²) in [5, 5.41) is 9.01. The Bertz CT molecular complexity index is 650. The van der Waals surface area contributed by atoms with Gasteiger partial charge in [0.15, 0.2) is 0 Å². The second-order valence-electron chi connectivity index (χ2n) is 6.73. The molecule has 0 radical (unpaired) electrons. The highest BCUT2D eigenvalue weighted by Crippen LogP contribution is 2.35. The van der Waals surface area contributed by atoms with Crippen molar-refractivity contribution in [2.45, 2.75) is 25.0 Å². The highest BCUT2D eigenvalue weighted by atomic mass is 16.5. The fourth-order valence-corrected chi connectivity index (χ4v) is 3.54. The molecule has 2 saturated heterocycles. The van der Waals surface area contributed by atoms with Crippen LogP contribution >= 0.6 is 0 Å². The van der Waals surface area contributed by atoms with Crippen molar-refractivity contribution >= 4 is 5.91 Å². The van der Waals surface area contributed by atoms with E-state index >= 15 is 0 Å². The minimum atomic E-state index is -0.0277. The first-order valence-electron chi connectivity index (χ1n) is 8.27. The van der Waals surface area contributed by atoms with Crippen LogP contribution in [-0.4, -0.2) is 49.3 Å². The SMILES string of the molecule is N#Cc1cccc(C(=O)N2C[C@H](OCC3CC3)[C@H]3COC[C@H]32)c1. The molecule has 1 saturated carbocycles. The molecule has 2 heterocycles. The van der Waals surface area contributed by atoms with E-state index in [4.69, 9.17) is 14.7 Å². The zero-order chi connectivity index (χ0) is 15.8. The van der Waals surface area contributed by atoms with E-state index in [1.165, 1.54) is 12.8 Å². The van der Waals surface area contributed by atoms with Crippen LogP contribution in [-0.2, 0) is 9.47 Å². The topological polar surface area (TPSA) is 62.6 Å². The first kappa shape index (κ1) is 14.7. The maximum Gasteiger partial charge on any atom is 0.254 e. The van der Waals surface area contributed by atoms with Crippen LogP contribution in [0.4, 0.5) is 0 Å². The third kappa shape index (κ3) is 2.85.